The van der Waals surface area contributed by atoms with Gasteiger partial charge in [-0.25, -0.2) is 9.78 Å². The van der Waals surface area contributed by atoms with E-state index in [-0.39, 0.29) is 18.1 Å². The minimum absolute atomic E-state index is 0.0603. The van der Waals surface area contributed by atoms with E-state index in [2.05, 4.69) is 25.4 Å². The molecule has 0 saturated heterocycles. The normalized spacial score (nSPS) is 11.1. The van der Waals surface area contributed by atoms with Crippen molar-refractivity contribution >= 4 is 33.8 Å². The highest BCUT2D eigenvalue weighted by molar-refractivity contribution is 5.93. The number of esters is 1. The number of hydrogen-bond acceptors (Lipinski definition) is 8. The van der Waals surface area contributed by atoms with Crippen molar-refractivity contribution in [2.45, 2.75) is 20.3 Å². The summed E-state index contributed by atoms with van der Waals surface area (Å²) in [6.45, 7) is 4.35. The summed E-state index contributed by atoms with van der Waals surface area (Å²) in [7, 11) is 1.65. The number of aryl methyl sites for hydroxylation is 1. The molecule has 150 valence electrons. The van der Waals surface area contributed by atoms with Gasteiger partial charge in [0, 0.05) is 23.6 Å². The van der Waals surface area contributed by atoms with Gasteiger partial charge in [-0.3, -0.25) is 0 Å². The molecule has 9 heteroatoms. The average Bonchev–Trinajstić information content (AvgIpc) is 3.31. The first kappa shape index (κ1) is 18.7. The van der Waals surface area contributed by atoms with Crippen LogP contribution >= 0.6 is 0 Å². The van der Waals surface area contributed by atoms with Gasteiger partial charge in [0.1, 0.15) is 17.0 Å². The number of rotatable bonds is 7. The molecule has 0 bridgehead atoms. The van der Waals surface area contributed by atoms with Crippen LogP contribution in [0.2, 0.25) is 0 Å². The van der Waals surface area contributed by atoms with E-state index in [9.17, 15) is 4.79 Å². The minimum Gasteiger partial charge on any atom is -0.497 e. The van der Waals surface area contributed by atoms with E-state index in [0.29, 0.717) is 23.4 Å². The van der Waals surface area contributed by atoms with Gasteiger partial charge in [-0.05, 0) is 44.0 Å². The largest absolute Gasteiger partial charge is 0.497 e. The maximum atomic E-state index is 12.1. The SMILES string of the molecule is CCOC(=O)c1nc(NCCc2c[nH]c3ccc(OC)cc23)c2c(C)noc2n1. The van der Waals surface area contributed by atoms with E-state index >= 15 is 0 Å². The number of ether oxygens (including phenoxy) is 2. The summed E-state index contributed by atoms with van der Waals surface area (Å²) in [6.07, 6.45) is 2.72. The lowest BCUT2D eigenvalue weighted by Crippen LogP contribution is -2.13. The number of hydrogen-bond donors (Lipinski definition) is 2. The lowest BCUT2D eigenvalue weighted by atomic mass is 10.1. The van der Waals surface area contributed by atoms with Gasteiger partial charge < -0.3 is 24.3 Å². The van der Waals surface area contributed by atoms with Crippen LogP contribution in [0.5, 0.6) is 5.75 Å². The fourth-order valence-electron chi connectivity index (χ4n) is 3.21. The van der Waals surface area contributed by atoms with Crippen molar-refractivity contribution in [1.29, 1.82) is 0 Å². The quantitative estimate of drug-likeness (QED) is 0.458. The smallest absolute Gasteiger partial charge is 0.376 e. The van der Waals surface area contributed by atoms with Crippen molar-refractivity contribution in [3.05, 3.63) is 41.5 Å². The molecule has 0 aliphatic heterocycles. The lowest BCUT2D eigenvalue weighted by Gasteiger charge is -2.08. The van der Waals surface area contributed by atoms with Crippen molar-refractivity contribution in [2.75, 3.05) is 25.6 Å². The predicted octanol–water partition coefficient (Wildman–Crippen LogP) is 3.25. The Kier molecular flexibility index (Phi) is 5.03. The molecular formula is C20H21N5O4. The second-order valence-electron chi connectivity index (χ2n) is 6.47. The number of aromatic amines is 1. The summed E-state index contributed by atoms with van der Waals surface area (Å²) in [5, 5.41) is 8.97. The fourth-order valence-corrected chi connectivity index (χ4v) is 3.21. The molecule has 29 heavy (non-hydrogen) atoms. The van der Waals surface area contributed by atoms with Gasteiger partial charge >= 0.3 is 5.97 Å². The average molecular weight is 395 g/mol. The van der Waals surface area contributed by atoms with Gasteiger partial charge in [0.25, 0.3) is 5.71 Å². The number of H-pyrrole nitrogens is 1. The minimum atomic E-state index is -0.602. The number of fused-ring (bicyclic) bond motifs is 2. The zero-order valence-corrected chi connectivity index (χ0v) is 16.4. The highest BCUT2D eigenvalue weighted by Crippen LogP contribution is 2.26. The molecule has 1 aromatic carbocycles. The molecule has 4 aromatic rings. The molecular weight excluding hydrogens is 374 g/mol. The first-order chi connectivity index (χ1) is 14.1. The molecule has 4 rings (SSSR count). The lowest BCUT2D eigenvalue weighted by molar-refractivity contribution is 0.0512. The van der Waals surface area contributed by atoms with Crippen LogP contribution in [0.15, 0.2) is 28.9 Å². The second-order valence-corrected chi connectivity index (χ2v) is 6.47. The standard InChI is InChI=1S/C20H21N5O4/c1-4-28-20(26)18-23-17(16-11(2)25-29-19(16)24-18)21-8-7-12-10-22-15-6-5-13(27-3)9-14(12)15/h5-6,9-10,22H,4,7-8H2,1-3H3,(H,21,23,24). The van der Waals surface area contributed by atoms with E-state index in [1.54, 1.807) is 21.0 Å². The number of aromatic nitrogens is 4. The van der Waals surface area contributed by atoms with Gasteiger partial charge in [0.05, 0.1) is 19.4 Å². The Hall–Kier alpha value is -3.62. The molecule has 0 aliphatic carbocycles. The van der Waals surface area contributed by atoms with Crippen molar-refractivity contribution in [3.8, 4) is 5.75 Å². The second kappa shape index (κ2) is 7.78. The van der Waals surface area contributed by atoms with Crippen molar-refractivity contribution in [3.63, 3.8) is 0 Å². The molecule has 0 radical (unpaired) electrons. The third kappa shape index (κ3) is 3.58. The maximum Gasteiger partial charge on any atom is 0.376 e. The number of benzene rings is 1. The Bertz CT molecular complexity index is 1180. The molecule has 3 heterocycles. The van der Waals surface area contributed by atoms with Crippen LogP contribution in [0.3, 0.4) is 0 Å². The van der Waals surface area contributed by atoms with Gasteiger partial charge in [-0.15, -0.1) is 0 Å². The Morgan fingerprint density at radius 1 is 1.31 bits per heavy atom. The van der Waals surface area contributed by atoms with Crippen LogP contribution in [-0.4, -0.2) is 46.3 Å². The summed E-state index contributed by atoms with van der Waals surface area (Å²) >= 11 is 0. The van der Waals surface area contributed by atoms with Crippen LogP contribution in [0.4, 0.5) is 5.82 Å². The van der Waals surface area contributed by atoms with Crippen molar-refractivity contribution in [2.24, 2.45) is 0 Å². The molecule has 0 amide bonds. The highest BCUT2D eigenvalue weighted by Gasteiger charge is 2.19. The zero-order chi connectivity index (χ0) is 20.4. The summed E-state index contributed by atoms with van der Waals surface area (Å²) < 4.78 is 15.5. The van der Waals surface area contributed by atoms with Crippen LogP contribution < -0.4 is 10.1 Å². The van der Waals surface area contributed by atoms with Crippen LogP contribution in [0, 0.1) is 6.92 Å². The number of methoxy groups -OCH3 is 1. The van der Waals surface area contributed by atoms with Crippen LogP contribution in [0.25, 0.3) is 22.0 Å². The number of anilines is 1. The Balaban J connectivity index is 1.58. The monoisotopic (exact) mass is 395 g/mol. The summed E-state index contributed by atoms with van der Waals surface area (Å²) in [4.78, 5) is 23.8. The number of carbonyl (C=O) groups excluding carboxylic acids is 1. The van der Waals surface area contributed by atoms with E-state index in [0.717, 1.165) is 28.6 Å². The molecule has 0 aliphatic rings. The number of carbonyl (C=O) groups is 1. The summed E-state index contributed by atoms with van der Waals surface area (Å²) in [6, 6.07) is 5.92. The fraction of sp³-hybridized carbons (Fsp3) is 0.300. The third-order valence-corrected chi connectivity index (χ3v) is 4.63. The van der Waals surface area contributed by atoms with Crippen LogP contribution in [-0.2, 0) is 11.2 Å². The van der Waals surface area contributed by atoms with E-state index in [4.69, 9.17) is 14.0 Å². The molecule has 0 atom stereocenters. The maximum absolute atomic E-state index is 12.1. The Morgan fingerprint density at radius 2 is 2.17 bits per heavy atom. The number of nitrogens with one attached hydrogen (secondary N) is 2. The first-order valence-electron chi connectivity index (χ1n) is 9.29. The van der Waals surface area contributed by atoms with E-state index < -0.39 is 5.97 Å². The van der Waals surface area contributed by atoms with E-state index in [1.165, 1.54) is 0 Å². The van der Waals surface area contributed by atoms with Crippen molar-refractivity contribution in [1.82, 2.24) is 20.1 Å². The topological polar surface area (TPSA) is 115 Å². The molecule has 0 fully saturated rings. The third-order valence-electron chi connectivity index (χ3n) is 4.63. The van der Waals surface area contributed by atoms with Crippen molar-refractivity contribution < 1.29 is 18.8 Å². The predicted molar refractivity (Wildman–Crippen MR) is 107 cm³/mol. The summed E-state index contributed by atoms with van der Waals surface area (Å²) in [5.74, 6) is 0.641. The molecule has 0 saturated carbocycles. The Morgan fingerprint density at radius 3 is 2.97 bits per heavy atom. The molecule has 9 nitrogen and oxygen atoms in total. The van der Waals surface area contributed by atoms with Gasteiger partial charge in [0.2, 0.25) is 5.82 Å². The zero-order valence-electron chi connectivity index (χ0n) is 16.4. The van der Waals surface area contributed by atoms with Crippen LogP contribution in [0.1, 0.15) is 28.8 Å². The van der Waals surface area contributed by atoms with Gasteiger partial charge in [0.15, 0.2) is 0 Å². The summed E-state index contributed by atoms with van der Waals surface area (Å²) in [5.41, 5.74) is 3.09. The first-order valence-corrected chi connectivity index (χ1v) is 9.29. The molecule has 0 spiro atoms. The molecule has 0 unspecified atom stereocenters. The van der Waals surface area contributed by atoms with E-state index in [1.807, 2.05) is 24.4 Å². The Labute approximate surface area is 166 Å². The molecule has 2 N–H and O–H groups in total. The van der Waals surface area contributed by atoms with Gasteiger partial charge in [-0.1, -0.05) is 5.16 Å². The number of nitrogens with zero attached hydrogens (tertiary/aromatic N) is 3. The molecule has 3 aromatic heterocycles. The van der Waals surface area contributed by atoms with Gasteiger partial charge in [-0.2, -0.15) is 4.98 Å². The highest BCUT2D eigenvalue weighted by atomic mass is 16.5.